The molecule has 3 nitrogen and oxygen atoms in total. The zero-order valence-corrected chi connectivity index (χ0v) is 10.1. The highest BCUT2D eigenvalue weighted by Crippen LogP contribution is 2.37. The van der Waals surface area contributed by atoms with E-state index in [-0.39, 0.29) is 10.7 Å². The van der Waals surface area contributed by atoms with Crippen LogP contribution in [0.5, 0.6) is 5.75 Å². The van der Waals surface area contributed by atoms with Crippen molar-refractivity contribution in [2.45, 2.75) is 13.1 Å². The largest absolute Gasteiger partial charge is 0.439 e. The first-order valence-corrected chi connectivity index (χ1v) is 5.15. The van der Waals surface area contributed by atoms with Crippen LogP contribution in [-0.2, 0) is 6.18 Å². The predicted molar refractivity (Wildman–Crippen MR) is 62.8 cm³/mol. The molecule has 0 aliphatic rings. The molecule has 0 radical (unpaired) electrons. The van der Waals surface area contributed by atoms with Crippen LogP contribution in [0.15, 0.2) is 30.0 Å². The molecule has 0 atom stereocenters. The molecule has 0 bridgehead atoms. The molecule has 0 spiro atoms. The highest BCUT2D eigenvalue weighted by molar-refractivity contribution is 6.30. The van der Waals surface area contributed by atoms with E-state index in [4.69, 9.17) is 27.5 Å². The summed E-state index contributed by atoms with van der Waals surface area (Å²) in [4.78, 5) is 0. The first-order chi connectivity index (χ1) is 8.20. The summed E-state index contributed by atoms with van der Waals surface area (Å²) in [6.45, 7) is 1.49. The Morgan fingerprint density at radius 3 is 2.56 bits per heavy atom. The predicted octanol–water partition coefficient (Wildman–Crippen LogP) is 3.58. The Morgan fingerprint density at radius 2 is 2.06 bits per heavy atom. The maximum Gasteiger partial charge on any atom is 0.420 e. The topological polar surface area (TPSA) is 59.1 Å². The van der Waals surface area contributed by atoms with Gasteiger partial charge in [-0.05, 0) is 25.1 Å². The van der Waals surface area contributed by atoms with Gasteiger partial charge in [0.15, 0.2) is 0 Å². The van der Waals surface area contributed by atoms with Gasteiger partial charge in [-0.25, -0.2) is 0 Å². The van der Waals surface area contributed by atoms with Crippen molar-refractivity contribution in [2.24, 2.45) is 5.73 Å². The summed E-state index contributed by atoms with van der Waals surface area (Å²) < 4.78 is 42.9. The van der Waals surface area contributed by atoms with Crippen molar-refractivity contribution in [3.63, 3.8) is 0 Å². The average molecular weight is 279 g/mol. The van der Waals surface area contributed by atoms with E-state index < -0.39 is 23.4 Å². The smallest absolute Gasteiger partial charge is 0.420 e. The summed E-state index contributed by atoms with van der Waals surface area (Å²) in [6.07, 6.45) is -3.50. The number of rotatable bonds is 2. The monoisotopic (exact) mass is 278 g/mol. The van der Waals surface area contributed by atoms with E-state index in [1.54, 1.807) is 0 Å². The lowest BCUT2D eigenvalue weighted by Gasteiger charge is -2.13. The zero-order chi connectivity index (χ0) is 13.9. The standard InChI is InChI=1S/C11H10ClF3N2O/c1-6(16)4-10(17)18-9-3-2-7(12)5-8(9)11(13,14)15/h2-5,17H,16H2,1H3/b6-4-,17-10?. The molecule has 0 fully saturated rings. The lowest BCUT2D eigenvalue weighted by Crippen LogP contribution is -2.12. The number of allylic oxidation sites excluding steroid dienone is 1. The second-order valence-electron chi connectivity index (χ2n) is 3.49. The molecule has 1 aromatic rings. The van der Waals surface area contributed by atoms with Gasteiger partial charge in [0.25, 0.3) is 0 Å². The molecule has 0 aliphatic heterocycles. The number of benzene rings is 1. The van der Waals surface area contributed by atoms with Gasteiger partial charge in [-0.3, -0.25) is 5.41 Å². The molecule has 0 aliphatic carbocycles. The van der Waals surface area contributed by atoms with Gasteiger partial charge in [0.05, 0.1) is 5.56 Å². The lowest BCUT2D eigenvalue weighted by atomic mass is 10.2. The summed E-state index contributed by atoms with van der Waals surface area (Å²) in [6, 6.07) is 3.04. The van der Waals surface area contributed by atoms with Crippen LogP contribution in [0.25, 0.3) is 0 Å². The second kappa shape index (κ2) is 5.30. The minimum Gasteiger partial charge on any atom is -0.439 e. The summed E-state index contributed by atoms with van der Waals surface area (Å²) >= 11 is 5.50. The normalized spacial score (nSPS) is 12.4. The maximum absolute atomic E-state index is 12.7. The Morgan fingerprint density at radius 1 is 1.44 bits per heavy atom. The fourth-order valence-corrected chi connectivity index (χ4v) is 1.34. The fourth-order valence-electron chi connectivity index (χ4n) is 1.17. The van der Waals surface area contributed by atoms with Crippen molar-refractivity contribution < 1.29 is 17.9 Å². The van der Waals surface area contributed by atoms with Crippen molar-refractivity contribution in [2.75, 3.05) is 0 Å². The van der Waals surface area contributed by atoms with Gasteiger partial charge >= 0.3 is 6.18 Å². The van der Waals surface area contributed by atoms with Gasteiger partial charge in [0, 0.05) is 16.8 Å². The molecule has 0 aromatic heterocycles. The number of halogens is 4. The van der Waals surface area contributed by atoms with E-state index >= 15 is 0 Å². The Bertz CT molecular complexity index is 494. The van der Waals surface area contributed by atoms with E-state index in [9.17, 15) is 13.2 Å². The Balaban J connectivity index is 3.10. The summed E-state index contributed by atoms with van der Waals surface area (Å²) in [5.41, 5.74) is 4.51. The molecule has 0 saturated heterocycles. The van der Waals surface area contributed by atoms with Crippen molar-refractivity contribution in [3.8, 4) is 5.75 Å². The third kappa shape index (κ3) is 3.96. The first kappa shape index (κ1) is 14.4. The molecule has 7 heteroatoms. The first-order valence-electron chi connectivity index (χ1n) is 4.77. The Kier molecular flexibility index (Phi) is 4.24. The van der Waals surface area contributed by atoms with Crippen LogP contribution in [0.2, 0.25) is 5.02 Å². The molecule has 18 heavy (non-hydrogen) atoms. The molecule has 1 aromatic carbocycles. The molecule has 0 amide bonds. The highest BCUT2D eigenvalue weighted by atomic mass is 35.5. The molecule has 1 rings (SSSR count). The molecule has 98 valence electrons. The number of nitrogens with two attached hydrogens (primary N) is 1. The van der Waals surface area contributed by atoms with Gasteiger partial charge in [0.1, 0.15) is 5.75 Å². The van der Waals surface area contributed by atoms with Crippen LogP contribution >= 0.6 is 11.6 Å². The van der Waals surface area contributed by atoms with Crippen molar-refractivity contribution in [1.29, 1.82) is 5.41 Å². The van der Waals surface area contributed by atoms with Gasteiger partial charge < -0.3 is 10.5 Å². The summed E-state index contributed by atoms with van der Waals surface area (Å²) in [5, 5.41) is 7.27. The number of hydrogen-bond acceptors (Lipinski definition) is 3. The van der Waals surface area contributed by atoms with E-state index in [2.05, 4.69) is 0 Å². The fraction of sp³-hybridized carbons (Fsp3) is 0.182. The quantitative estimate of drug-likeness (QED) is 0.642. The van der Waals surface area contributed by atoms with Crippen molar-refractivity contribution in [1.82, 2.24) is 0 Å². The minimum atomic E-state index is -4.61. The van der Waals surface area contributed by atoms with Crippen LogP contribution in [0.4, 0.5) is 13.2 Å². The maximum atomic E-state index is 12.7. The van der Waals surface area contributed by atoms with Crippen molar-refractivity contribution in [3.05, 3.63) is 40.6 Å². The third-order valence-electron chi connectivity index (χ3n) is 1.83. The highest BCUT2D eigenvalue weighted by Gasteiger charge is 2.35. The van der Waals surface area contributed by atoms with Crippen LogP contribution in [-0.4, -0.2) is 5.90 Å². The Labute approximate surface area is 107 Å². The number of ether oxygens (including phenoxy) is 1. The zero-order valence-electron chi connectivity index (χ0n) is 9.31. The molecule has 0 heterocycles. The van der Waals surface area contributed by atoms with Crippen LogP contribution in [0, 0.1) is 5.41 Å². The van der Waals surface area contributed by atoms with E-state index in [1.807, 2.05) is 0 Å². The molecular formula is C11H10ClF3N2O. The van der Waals surface area contributed by atoms with Gasteiger partial charge in [-0.2, -0.15) is 13.2 Å². The van der Waals surface area contributed by atoms with E-state index in [0.29, 0.717) is 0 Å². The summed E-state index contributed by atoms with van der Waals surface area (Å²) in [7, 11) is 0. The third-order valence-corrected chi connectivity index (χ3v) is 2.06. The van der Waals surface area contributed by atoms with Gasteiger partial charge in [-0.15, -0.1) is 0 Å². The van der Waals surface area contributed by atoms with E-state index in [1.165, 1.54) is 13.0 Å². The van der Waals surface area contributed by atoms with Crippen LogP contribution < -0.4 is 10.5 Å². The number of nitrogens with one attached hydrogen (secondary N) is 1. The van der Waals surface area contributed by atoms with Crippen LogP contribution in [0.3, 0.4) is 0 Å². The van der Waals surface area contributed by atoms with Gasteiger partial charge in [0.2, 0.25) is 5.90 Å². The number of alkyl halides is 3. The molecular weight excluding hydrogens is 269 g/mol. The number of hydrogen-bond donors (Lipinski definition) is 2. The SMILES string of the molecule is C/C(N)=C/C(=N)Oc1ccc(Cl)cc1C(F)(F)F. The average Bonchev–Trinajstić information content (AvgIpc) is 2.17. The Hall–Kier alpha value is -1.69. The minimum absolute atomic E-state index is 0.0632. The molecule has 3 N–H and O–H groups in total. The van der Waals surface area contributed by atoms with Crippen molar-refractivity contribution >= 4 is 17.5 Å². The second-order valence-corrected chi connectivity index (χ2v) is 3.93. The lowest BCUT2D eigenvalue weighted by molar-refractivity contribution is -0.138. The van der Waals surface area contributed by atoms with E-state index in [0.717, 1.165) is 18.2 Å². The summed E-state index contributed by atoms with van der Waals surface area (Å²) in [5.74, 6) is -0.975. The molecule has 0 unspecified atom stereocenters. The van der Waals surface area contributed by atoms with Gasteiger partial charge in [-0.1, -0.05) is 11.6 Å². The van der Waals surface area contributed by atoms with Crippen LogP contribution in [0.1, 0.15) is 12.5 Å². The molecule has 0 saturated carbocycles.